The Morgan fingerprint density at radius 2 is 1.54 bits per heavy atom. The third-order valence-electron chi connectivity index (χ3n) is 9.27. The Hall–Kier alpha value is -2.74. The summed E-state index contributed by atoms with van der Waals surface area (Å²) in [5.74, 6) is -0.240. The molecule has 4 rings (SSSR count). The molecule has 0 bridgehead atoms. The van der Waals surface area contributed by atoms with Crippen molar-refractivity contribution in [2.45, 2.75) is 102 Å². The number of benzene rings is 2. The number of aliphatic hydroxyl groups excluding tert-OH is 2. The van der Waals surface area contributed by atoms with Gasteiger partial charge in [0.1, 0.15) is 17.7 Å². The van der Waals surface area contributed by atoms with E-state index in [9.17, 15) is 19.8 Å². The lowest BCUT2D eigenvalue weighted by atomic mass is 9.79. The number of unbranched alkanes of at least 4 members (excludes halogenated alkanes) is 2. The summed E-state index contributed by atoms with van der Waals surface area (Å²) in [5.41, 5.74) is 2.03. The molecule has 2 heterocycles. The molecule has 1 spiro atoms. The van der Waals surface area contributed by atoms with Gasteiger partial charge in [0, 0.05) is 26.2 Å². The van der Waals surface area contributed by atoms with E-state index >= 15 is 0 Å². The number of nitrogens with zero attached hydrogens (tertiary/aromatic N) is 2. The first-order chi connectivity index (χ1) is 19.8. The van der Waals surface area contributed by atoms with Crippen molar-refractivity contribution in [2.75, 3.05) is 19.6 Å². The zero-order valence-electron chi connectivity index (χ0n) is 25.1. The molecule has 0 aromatic heterocycles. The van der Waals surface area contributed by atoms with Crippen molar-refractivity contribution >= 4 is 11.8 Å². The third-order valence-corrected chi connectivity index (χ3v) is 9.27. The fourth-order valence-corrected chi connectivity index (χ4v) is 6.53. The summed E-state index contributed by atoms with van der Waals surface area (Å²) >= 11 is 0. The quantitative estimate of drug-likeness (QED) is 0.325. The maximum Gasteiger partial charge on any atom is 0.248 e. The van der Waals surface area contributed by atoms with Crippen LogP contribution in [0.4, 0.5) is 0 Å². The van der Waals surface area contributed by atoms with Crippen molar-refractivity contribution < 1.29 is 19.8 Å². The van der Waals surface area contributed by atoms with Crippen molar-refractivity contribution in [3.05, 3.63) is 71.3 Å². The zero-order chi connectivity index (χ0) is 29.4. The standard InChI is InChI=1S/C34H49N3O4/c1-4-7-12-26(6-3)31(39)29-32(40)37(21-8-5-2)34(33(41)35-29)19-22-36(23-20-34)24-25-15-17-28(18-16-25)30(38)27-13-10-9-11-14-27/h9-11,13-18,26,29-31,38-39H,4-8,12,19-24H2,1-3H3,(H,35,41)/t26?,29-,30?,31-/m1/s1. The van der Waals surface area contributed by atoms with E-state index in [1.165, 1.54) is 0 Å². The smallest absolute Gasteiger partial charge is 0.248 e. The minimum absolute atomic E-state index is 0.00619. The molecule has 4 atom stereocenters. The Morgan fingerprint density at radius 1 is 0.902 bits per heavy atom. The minimum Gasteiger partial charge on any atom is -0.390 e. The summed E-state index contributed by atoms with van der Waals surface area (Å²) in [7, 11) is 0. The van der Waals surface area contributed by atoms with Crippen LogP contribution in [-0.2, 0) is 16.1 Å². The largest absolute Gasteiger partial charge is 0.390 e. The molecular weight excluding hydrogens is 514 g/mol. The van der Waals surface area contributed by atoms with E-state index in [1.807, 2.05) is 54.3 Å². The summed E-state index contributed by atoms with van der Waals surface area (Å²) in [6, 6.07) is 16.9. The third kappa shape index (κ3) is 7.02. The Morgan fingerprint density at radius 3 is 2.15 bits per heavy atom. The molecule has 0 radical (unpaired) electrons. The van der Waals surface area contributed by atoms with Gasteiger partial charge in [0.05, 0.1) is 6.10 Å². The molecule has 7 heteroatoms. The summed E-state index contributed by atoms with van der Waals surface area (Å²) in [5, 5.41) is 24.9. The Labute approximate surface area is 245 Å². The van der Waals surface area contributed by atoms with Gasteiger partial charge in [0.2, 0.25) is 11.8 Å². The predicted molar refractivity (Wildman–Crippen MR) is 162 cm³/mol. The van der Waals surface area contributed by atoms with Crippen LogP contribution in [0.3, 0.4) is 0 Å². The van der Waals surface area contributed by atoms with Crippen molar-refractivity contribution in [1.82, 2.24) is 15.1 Å². The molecule has 3 N–H and O–H groups in total. The van der Waals surface area contributed by atoms with Crippen LogP contribution < -0.4 is 5.32 Å². The van der Waals surface area contributed by atoms with E-state index in [0.717, 1.165) is 61.8 Å². The van der Waals surface area contributed by atoms with Crippen molar-refractivity contribution in [2.24, 2.45) is 5.92 Å². The minimum atomic E-state index is -0.868. The van der Waals surface area contributed by atoms with Crippen LogP contribution in [0, 0.1) is 5.92 Å². The van der Waals surface area contributed by atoms with Gasteiger partial charge in [-0.3, -0.25) is 14.5 Å². The number of piperazine rings is 1. The van der Waals surface area contributed by atoms with E-state index in [0.29, 0.717) is 32.5 Å². The van der Waals surface area contributed by atoms with Gasteiger partial charge < -0.3 is 20.4 Å². The number of rotatable bonds is 13. The topological polar surface area (TPSA) is 93.1 Å². The lowest BCUT2D eigenvalue weighted by Gasteiger charge is -2.52. The normalized spacial score (nSPS) is 21.5. The van der Waals surface area contributed by atoms with Crippen molar-refractivity contribution in [3.8, 4) is 0 Å². The molecule has 0 saturated carbocycles. The maximum absolute atomic E-state index is 13.9. The number of carbonyl (C=O) groups is 2. The van der Waals surface area contributed by atoms with Gasteiger partial charge in [-0.25, -0.2) is 0 Å². The van der Waals surface area contributed by atoms with Crippen LogP contribution in [0.2, 0.25) is 0 Å². The molecule has 7 nitrogen and oxygen atoms in total. The van der Waals surface area contributed by atoms with Gasteiger partial charge in [-0.1, -0.05) is 101 Å². The van der Waals surface area contributed by atoms with Crippen LogP contribution in [0.5, 0.6) is 0 Å². The number of likely N-dealkylation sites (tertiary alicyclic amines) is 1. The number of amides is 2. The monoisotopic (exact) mass is 563 g/mol. The SMILES string of the molecule is CCCCC(CC)[C@@H](O)[C@H]1NC(=O)C2(CCN(Cc3ccc(C(O)c4ccccc4)cc3)CC2)N(CCCC)C1=O. The van der Waals surface area contributed by atoms with Gasteiger partial charge in [0.15, 0.2) is 0 Å². The predicted octanol–water partition coefficient (Wildman–Crippen LogP) is 4.81. The molecule has 2 saturated heterocycles. The van der Waals surface area contributed by atoms with Crippen LogP contribution in [0.15, 0.2) is 54.6 Å². The summed E-state index contributed by atoms with van der Waals surface area (Å²) in [4.78, 5) is 31.8. The second-order valence-electron chi connectivity index (χ2n) is 12.0. The van der Waals surface area contributed by atoms with Gasteiger partial charge in [-0.2, -0.15) is 0 Å². The first kappa shape index (κ1) is 31.2. The van der Waals surface area contributed by atoms with Crippen molar-refractivity contribution in [1.29, 1.82) is 0 Å². The van der Waals surface area contributed by atoms with Gasteiger partial charge in [0.25, 0.3) is 0 Å². The first-order valence-corrected chi connectivity index (χ1v) is 15.7. The second-order valence-corrected chi connectivity index (χ2v) is 12.0. The number of carbonyl (C=O) groups excluding carboxylic acids is 2. The van der Waals surface area contributed by atoms with Gasteiger partial charge in [-0.05, 0) is 48.3 Å². The highest BCUT2D eigenvalue weighted by molar-refractivity contribution is 6.00. The number of piperidine rings is 1. The highest BCUT2D eigenvalue weighted by Crippen LogP contribution is 2.35. The molecule has 2 aliphatic heterocycles. The number of hydrogen-bond donors (Lipinski definition) is 3. The highest BCUT2D eigenvalue weighted by atomic mass is 16.3. The average Bonchev–Trinajstić information content (AvgIpc) is 3.00. The second kappa shape index (κ2) is 14.4. The van der Waals surface area contributed by atoms with E-state index in [-0.39, 0.29) is 17.7 Å². The molecule has 2 amide bonds. The average molecular weight is 564 g/mol. The lowest BCUT2D eigenvalue weighted by molar-refractivity contribution is -0.165. The Kier molecular flexibility index (Phi) is 11.0. The number of nitrogens with one attached hydrogen (secondary N) is 1. The number of hydrogen-bond acceptors (Lipinski definition) is 5. The highest BCUT2D eigenvalue weighted by Gasteiger charge is 2.55. The fourth-order valence-electron chi connectivity index (χ4n) is 6.53. The van der Waals surface area contributed by atoms with Gasteiger partial charge >= 0.3 is 0 Å². The van der Waals surface area contributed by atoms with Crippen LogP contribution in [-0.4, -0.2) is 69.1 Å². The molecule has 2 aliphatic rings. The van der Waals surface area contributed by atoms with Crippen LogP contribution in [0.25, 0.3) is 0 Å². The molecule has 2 fully saturated rings. The van der Waals surface area contributed by atoms with Crippen LogP contribution >= 0.6 is 0 Å². The van der Waals surface area contributed by atoms with Crippen molar-refractivity contribution in [3.63, 3.8) is 0 Å². The van der Waals surface area contributed by atoms with E-state index < -0.39 is 23.8 Å². The Balaban J connectivity index is 1.42. The molecular formula is C34H49N3O4. The fraction of sp³-hybridized carbons (Fsp3) is 0.588. The van der Waals surface area contributed by atoms with E-state index in [4.69, 9.17) is 0 Å². The van der Waals surface area contributed by atoms with E-state index in [2.05, 4.69) is 36.2 Å². The molecule has 2 unspecified atom stereocenters. The Bertz CT molecular complexity index is 1110. The maximum atomic E-state index is 13.9. The molecule has 224 valence electrons. The molecule has 41 heavy (non-hydrogen) atoms. The molecule has 2 aromatic rings. The first-order valence-electron chi connectivity index (χ1n) is 15.7. The van der Waals surface area contributed by atoms with Crippen LogP contribution in [0.1, 0.15) is 94.9 Å². The van der Waals surface area contributed by atoms with E-state index in [1.54, 1.807) is 0 Å². The summed E-state index contributed by atoms with van der Waals surface area (Å²) < 4.78 is 0. The molecule has 0 aliphatic carbocycles. The summed E-state index contributed by atoms with van der Waals surface area (Å²) in [6.07, 6.45) is 5.08. The molecule has 2 aromatic carbocycles. The summed E-state index contributed by atoms with van der Waals surface area (Å²) in [6.45, 7) is 8.97. The van der Waals surface area contributed by atoms with Gasteiger partial charge in [-0.15, -0.1) is 0 Å². The number of aliphatic hydroxyl groups is 2. The zero-order valence-corrected chi connectivity index (χ0v) is 25.1. The lowest BCUT2D eigenvalue weighted by Crippen LogP contribution is -2.75.